The van der Waals surface area contributed by atoms with Crippen LogP contribution in [0, 0.1) is 51.2 Å². The number of rotatable bonds is 12. The van der Waals surface area contributed by atoms with Crippen molar-refractivity contribution in [1.29, 1.82) is 0 Å². The molecule has 9 heteroatoms. The summed E-state index contributed by atoms with van der Waals surface area (Å²) in [4.78, 5) is 49.3. The number of ether oxygens (including phenoxy) is 1. The van der Waals surface area contributed by atoms with E-state index in [1.54, 1.807) is 26.0 Å². The average molecular weight is 715 g/mol. The van der Waals surface area contributed by atoms with Gasteiger partial charge in [0.05, 0.1) is 18.1 Å². The van der Waals surface area contributed by atoms with Gasteiger partial charge in [-0.25, -0.2) is 4.79 Å². The third-order valence-corrected chi connectivity index (χ3v) is 14.2. The number of hydrogen-bond acceptors (Lipinski definition) is 8. The van der Waals surface area contributed by atoms with E-state index in [1.807, 2.05) is 6.92 Å². The minimum atomic E-state index is -0.987. The topological polar surface area (TPSA) is 137 Å². The molecule has 9 nitrogen and oxygen atoms in total. The Labute approximate surface area is 308 Å². The number of ketones is 1. The van der Waals surface area contributed by atoms with Crippen LogP contribution in [0.5, 0.6) is 0 Å². The summed E-state index contributed by atoms with van der Waals surface area (Å²) in [6.07, 6.45) is 9.98. The summed E-state index contributed by atoms with van der Waals surface area (Å²) in [5.74, 6) is 1.88. The molecular formula is C43H58N2O7. The molecule has 282 valence electrons. The number of carbonyl (C=O) groups excluding carboxylic acids is 3. The molecule has 0 radical (unpaired) electrons. The molecule has 1 aromatic carbocycles. The lowest BCUT2D eigenvalue weighted by atomic mass is 9.40. The molecule has 4 aliphatic rings. The minimum absolute atomic E-state index is 0.0898. The number of nitrogens with zero attached hydrogens (tertiary/aromatic N) is 2. The standard InChI is InChI=1S/C43H58N2O7/c1-25(2)36-32(47)21-43(22-34-44-45-38(52-34)28-9-11-29(12-10-28)39(49)50)20-17-31-30(37(36)43)13-14-33-41(7,26(3)15-18-42(31,33)8)19-16-27(4)51-35(48)23-40(5,6)24-46/h9-12,24-27,30-31,33H,13-23H2,1-8H3,(H,49,50)/t26-,27?,30?,31?,33-,41?,42?,43?/m1/s1. The highest BCUT2D eigenvalue weighted by Gasteiger charge is 2.63. The van der Waals surface area contributed by atoms with Gasteiger partial charge in [0.1, 0.15) is 6.29 Å². The molecule has 52 heavy (non-hydrogen) atoms. The molecule has 6 unspecified atom stereocenters. The maximum Gasteiger partial charge on any atom is 0.335 e. The van der Waals surface area contributed by atoms with Crippen molar-refractivity contribution in [2.75, 3.05) is 0 Å². The van der Waals surface area contributed by atoms with Gasteiger partial charge in [-0.3, -0.25) is 9.59 Å². The first kappa shape index (κ1) is 38.1. The van der Waals surface area contributed by atoms with Gasteiger partial charge in [-0.2, -0.15) is 0 Å². The fourth-order valence-electron chi connectivity index (χ4n) is 11.3. The van der Waals surface area contributed by atoms with E-state index in [0.717, 1.165) is 56.8 Å². The Balaban J connectivity index is 1.23. The Bertz CT molecular complexity index is 1740. The third-order valence-electron chi connectivity index (χ3n) is 14.2. The van der Waals surface area contributed by atoms with Crippen LogP contribution < -0.4 is 0 Å². The van der Waals surface area contributed by atoms with E-state index in [-0.39, 0.29) is 52.0 Å². The van der Waals surface area contributed by atoms with Crippen molar-refractivity contribution < 1.29 is 33.4 Å². The maximum atomic E-state index is 14.0. The number of aldehydes is 1. The second kappa shape index (κ2) is 14.0. The van der Waals surface area contributed by atoms with Crippen molar-refractivity contribution in [3.05, 3.63) is 46.9 Å². The van der Waals surface area contributed by atoms with Gasteiger partial charge in [0.25, 0.3) is 0 Å². The molecule has 3 saturated carbocycles. The third kappa shape index (κ3) is 6.82. The Morgan fingerprint density at radius 3 is 2.42 bits per heavy atom. The van der Waals surface area contributed by atoms with Gasteiger partial charge in [0.2, 0.25) is 11.8 Å². The number of carboxylic acids is 1. The van der Waals surface area contributed by atoms with E-state index in [9.17, 15) is 24.3 Å². The number of Topliss-reactive ketones (excluding diaryl/α,β-unsaturated/α-hetero) is 1. The molecule has 0 aliphatic heterocycles. The molecule has 0 saturated heterocycles. The van der Waals surface area contributed by atoms with E-state index in [0.29, 0.717) is 53.9 Å². The average Bonchev–Trinajstić information content (AvgIpc) is 3.67. The molecule has 3 fully saturated rings. The summed E-state index contributed by atoms with van der Waals surface area (Å²) in [7, 11) is 0. The Kier molecular flexibility index (Phi) is 10.2. The van der Waals surface area contributed by atoms with Gasteiger partial charge < -0.3 is 19.1 Å². The van der Waals surface area contributed by atoms with Crippen LogP contribution in [0.1, 0.15) is 136 Å². The van der Waals surface area contributed by atoms with Crippen LogP contribution in [0.2, 0.25) is 0 Å². The first-order chi connectivity index (χ1) is 24.4. The number of fused-ring (bicyclic) bond motifs is 5. The highest BCUT2D eigenvalue weighted by atomic mass is 16.5. The smallest absolute Gasteiger partial charge is 0.335 e. The fraction of sp³-hybridized carbons (Fsp3) is 0.674. The SMILES string of the molecule is CC(CCC1(C)[C@H](C)CCC2(C)C3CCC4(Cc5nnc(-c6ccc(C(=O)O)cc6)o5)CC(=O)C(C(C)C)=C4C3CC[C@@H]21)OC(=O)CC(C)(C)C=O. The Morgan fingerprint density at radius 1 is 1.06 bits per heavy atom. The maximum absolute atomic E-state index is 14.0. The Morgan fingerprint density at radius 2 is 1.77 bits per heavy atom. The molecular weight excluding hydrogens is 656 g/mol. The summed E-state index contributed by atoms with van der Waals surface area (Å²) in [6, 6.07) is 6.45. The van der Waals surface area contributed by atoms with Crippen LogP contribution in [0.25, 0.3) is 11.5 Å². The molecule has 8 atom stereocenters. The summed E-state index contributed by atoms with van der Waals surface area (Å²) in [5.41, 5.74) is 2.43. The normalized spacial score (nSPS) is 32.2. The van der Waals surface area contributed by atoms with Crippen molar-refractivity contribution in [3.8, 4) is 11.5 Å². The number of aromatic carboxylic acids is 1. The molecule has 0 spiro atoms. The second-order valence-corrected chi connectivity index (χ2v) is 18.4. The first-order valence-corrected chi connectivity index (χ1v) is 19.5. The van der Waals surface area contributed by atoms with Crippen molar-refractivity contribution in [1.82, 2.24) is 10.2 Å². The molecule has 6 rings (SSSR count). The highest BCUT2D eigenvalue weighted by molar-refractivity contribution is 6.00. The van der Waals surface area contributed by atoms with Crippen LogP contribution in [-0.4, -0.2) is 45.4 Å². The summed E-state index contributed by atoms with van der Waals surface area (Å²) < 4.78 is 12.1. The molecule has 1 heterocycles. The van der Waals surface area contributed by atoms with E-state index in [1.165, 1.54) is 24.1 Å². The molecule has 0 amide bonds. The monoisotopic (exact) mass is 714 g/mol. The quantitative estimate of drug-likeness (QED) is 0.169. The number of aromatic nitrogens is 2. The van der Waals surface area contributed by atoms with Gasteiger partial charge in [-0.05, 0) is 129 Å². The van der Waals surface area contributed by atoms with Gasteiger partial charge in [0, 0.05) is 29.2 Å². The summed E-state index contributed by atoms with van der Waals surface area (Å²) >= 11 is 0. The number of benzene rings is 1. The van der Waals surface area contributed by atoms with Gasteiger partial charge in [-0.15, -0.1) is 10.2 Å². The molecule has 0 bridgehead atoms. The van der Waals surface area contributed by atoms with Crippen LogP contribution >= 0.6 is 0 Å². The summed E-state index contributed by atoms with van der Waals surface area (Å²) in [6.45, 7) is 17.3. The van der Waals surface area contributed by atoms with E-state index < -0.39 is 11.4 Å². The van der Waals surface area contributed by atoms with Crippen molar-refractivity contribution in [2.24, 2.45) is 51.2 Å². The van der Waals surface area contributed by atoms with Crippen LogP contribution in [0.3, 0.4) is 0 Å². The zero-order chi connectivity index (χ0) is 37.8. The van der Waals surface area contributed by atoms with Gasteiger partial charge in [-0.1, -0.05) is 54.0 Å². The zero-order valence-corrected chi connectivity index (χ0v) is 32.4. The lowest BCUT2D eigenvalue weighted by molar-refractivity contribution is -0.155. The van der Waals surface area contributed by atoms with Gasteiger partial charge >= 0.3 is 11.9 Å². The van der Waals surface area contributed by atoms with Crippen molar-refractivity contribution in [3.63, 3.8) is 0 Å². The minimum Gasteiger partial charge on any atom is -0.478 e. The molecule has 2 aromatic rings. The molecule has 1 N–H and O–H groups in total. The van der Waals surface area contributed by atoms with Gasteiger partial charge in [0.15, 0.2) is 5.78 Å². The van der Waals surface area contributed by atoms with Crippen molar-refractivity contribution >= 4 is 24.0 Å². The number of esters is 1. The fourth-order valence-corrected chi connectivity index (χ4v) is 11.3. The molecule has 4 aliphatic carbocycles. The van der Waals surface area contributed by atoms with Crippen LogP contribution in [0.15, 0.2) is 39.8 Å². The molecule has 1 aromatic heterocycles. The lowest BCUT2D eigenvalue weighted by Gasteiger charge is -2.65. The van der Waals surface area contributed by atoms with Crippen LogP contribution in [0.4, 0.5) is 0 Å². The summed E-state index contributed by atoms with van der Waals surface area (Å²) in [5, 5.41) is 18.1. The largest absolute Gasteiger partial charge is 0.478 e. The Hall–Kier alpha value is -3.62. The number of carbonyl (C=O) groups is 4. The van der Waals surface area contributed by atoms with Crippen LogP contribution in [-0.2, 0) is 25.5 Å². The number of carboxylic acid groups (broad SMARTS) is 1. The van der Waals surface area contributed by atoms with E-state index in [4.69, 9.17) is 9.15 Å². The first-order valence-electron chi connectivity index (χ1n) is 19.5. The predicted molar refractivity (Wildman–Crippen MR) is 197 cm³/mol. The number of allylic oxidation sites excluding steroid dienone is 2. The predicted octanol–water partition coefficient (Wildman–Crippen LogP) is 9.09. The van der Waals surface area contributed by atoms with E-state index >= 15 is 0 Å². The number of hydrogen-bond donors (Lipinski definition) is 1. The second-order valence-electron chi connectivity index (χ2n) is 18.4. The van der Waals surface area contributed by atoms with Crippen molar-refractivity contribution in [2.45, 2.75) is 132 Å². The zero-order valence-electron chi connectivity index (χ0n) is 32.4. The highest BCUT2D eigenvalue weighted by Crippen LogP contribution is 2.70. The van der Waals surface area contributed by atoms with E-state index in [2.05, 4.69) is 44.8 Å². The lowest BCUT2D eigenvalue weighted by Crippen LogP contribution is -2.57.